The summed E-state index contributed by atoms with van der Waals surface area (Å²) in [6.45, 7) is 2.32. The van der Waals surface area contributed by atoms with Crippen molar-refractivity contribution in [3.05, 3.63) is 36.0 Å². The maximum atomic E-state index is 12.6. The van der Waals surface area contributed by atoms with Crippen molar-refractivity contribution in [1.29, 1.82) is 0 Å². The highest BCUT2D eigenvalue weighted by Crippen LogP contribution is 2.19. The highest BCUT2D eigenvalue weighted by atomic mass is 16.5. The third-order valence-electron chi connectivity index (χ3n) is 5.70. The highest BCUT2D eigenvalue weighted by molar-refractivity contribution is 6.05. The van der Waals surface area contributed by atoms with Gasteiger partial charge < -0.3 is 20.4 Å². The lowest BCUT2D eigenvalue weighted by Gasteiger charge is -2.22. The molecule has 8 nitrogen and oxygen atoms in total. The van der Waals surface area contributed by atoms with Crippen LogP contribution in [-0.4, -0.2) is 60.1 Å². The second kappa shape index (κ2) is 8.65. The van der Waals surface area contributed by atoms with Gasteiger partial charge in [0.15, 0.2) is 0 Å². The Morgan fingerprint density at radius 3 is 2.83 bits per heavy atom. The predicted molar refractivity (Wildman–Crippen MR) is 107 cm³/mol. The molecule has 4 amide bonds. The molecular weight excluding hydrogens is 372 g/mol. The van der Waals surface area contributed by atoms with Gasteiger partial charge in [-0.25, -0.2) is 4.79 Å². The van der Waals surface area contributed by atoms with Crippen molar-refractivity contribution in [2.75, 3.05) is 26.3 Å². The summed E-state index contributed by atoms with van der Waals surface area (Å²) in [6.07, 6.45) is 4.30. The number of H-pyrrole nitrogens is 1. The fourth-order valence-electron chi connectivity index (χ4n) is 3.96. The standard InChI is InChI=1S/C21H26N4O4/c26-19(23-12-14-6-9-29-10-7-14)11-18-20(27)25(21(28)24-18)8-5-15-13-22-17-4-2-1-3-16(15)17/h1-4,13-14,18,22H,5-12H2,(H,23,26)(H,24,28)/t18-/m1/s1. The van der Waals surface area contributed by atoms with Crippen LogP contribution in [0.1, 0.15) is 24.8 Å². The van der Waals surface area contributed by atoms with Crippen molar-refractivity contribution in [3.8, 4) is 0 Å². The van der Waals surface area contributed by atoms with Gasteiger partial charge in [-0.1, -0.05) is 18.2 Å². The molecule has 3 heterocycles. The number of para-hydroxylation sites is 1. The van der Waals surface area contributed by atoms with Gasteiger partial charge in [-0.3, -0.25) is 14.5 Å². The minimum absolute atomic E-state index is 0.0304. The number of nitrogens with one attached hydrogen (secondary N) is 3. The van der Waals surface area contributed by atoms with Gasteiger partial charge in [0, 0.05) is 43.4 Å². The number of imide groups is 1. The van der Waals surface area contributed by atoms with Crippen molar-refractivity contribution < 1.29 is 19.1 Å². The zero-order valence-corrected chi connectivity index (χ0v) is 16.3. The summed E-state index contributed by atoms with van der Waals surface area (Å²) in [5.41, 5.74) is 2.08. The molecule has 154 valence electrons. The van der Waals surface area contributed by atoms with E-state index in [4.69, 9.17) is 4.74 Å². The molecule has 3 N–H and O–H groups in total. The van der Waals surface area contributed by atoms with Crippen LogP contribution in [0.2, 0.25) is 0 Å². The molecule has 1 atom stereocenters. The molecule has 2 aromatic rings. The fraction of sp³-hybridized carbons (Fsp3) is 0.476. The third kappa shape index (κ3) is 4.42. The number of carbonyl (C=O) groups is 3. The molecule has 1 aromatic carbocycles. The van der Waals surface area contributed by atoms with E-state index in [0.29, 0.717) is 18.9 Å². The van der Waals surface area contributed by atoms with Crippen molar-refractivity contribution in [2.24, 2.45) is 5.92 Å². The number of urea groups is 1. The first-order chi connectivity index (χ1) is 14.1. The van der Waals surface area contributed by atoms with Gasteiger partial charge in [-0.2, -0.15) is 0 Å². The number of aromatic amines is 1. The van der Waals surface area contributed by atoms with Crippen LogP contribution in [0.15, 0.2) is 30.5 Å². The Kier molecular flexibility index (Phi) is 5.80. The number of ether oxygens (including phenoxy) is 1. The smallest absolute Gasteiger partial charge is 0.324 e. The first-order valence-corrected chi connectivity index (χ1v) is 10.1. The molecule has 0 bridgehead atoms. The molecule has 29 heavy (non-hydrogen) atoms. The molecule has 0 spiro atoms. The third-order valence-corrected chi connectivity index (χ3v) is 5.70. The summed E-state index contributed by atoms with van der Waals surface area (Å²) < 4.78 is 5.31. The van der Waals surface area contributed by atoms with Crippen LogP contribution in [-0.2, 0) is 20.7 Å². The van der Waals surface area contributed by atoms with Crippen LogP contribution in [0.5, 0.6) is 0 Å². The van der Waals surface area contributed by atoms with E-state index in [2.05, 4.69) is 15.6 Å². The monoisotopic (exact) mass is 398 g/mol. The second-order valence-corrected chi connectivity index (χ2v) is 7.67. The summed E-state index contributed by atoms with van der Waals surface area (Å²) in [5.74, 6) is -0.140. The molecule has 2 saturated heterocycles. The highest BCUT2D eigenvalue weighted by Gasteiger charge is 2.38. The average molecular weight is 398 g/mol. The zero-order valence-electron chi connectivity index (χ0n) is 16.3. The first kappa shape index (κ1) is 19.4. The Morgan fingerprint density at radius 1 is 1.21 bits per heavy atom. The van der Waals surface area contributed by atoms with E-state index in [9.17, 15) is 14.4 Å². The van der Waals surface area contributed by atoms with E-state index in [0.717, 1.165) is 42.5 Å². The van der Waals surface area contributed by atoms with E-state index in [1.807, 2.05) is 30.5 Å². The van der Waals surface area contributed by atoms with Crippen molar-refractivity contribution in [3.63, 3.8) is 0 Å². The number of hydrogen-bond donors (Lipinski definition) is 3. The fourth-order valence-corrected chi connectivity index (χ4v) is 3.96. The molecule has 4 rings (SSSR count). The largest absolute Gasteiger partial charge is 0.381 e. The lowest BCUT2D eigenvalue weighted by atomic mass is 10.0. The quantitative estimate of drug-likeness (QED) is 0.616. The molecule has 0 aliphatic carbocycles. The molecule has 2 fully saturated rings. The summed E-state index contributed by atoms with van der Waals surface area (Å²) in [6, 6.07) is 6.69. The lowest BCUT2D eigenvalue weighted by Crippen LogP contribution is -2.39. The number of hydrogen-bond acceptors (Lipinski definition) is 4. The summed E-state index contributed by atoms with van der Waals surface area (Å²) >= 11 is 0. The number of amides is 4. The lowest BCUT2D eigenvalue weighted by molar-refractivity contribution is -0.130. The molecular formula is C21H26N4O4. The van der Waals surface area contributed by atoms with Crippen LogP contribution in [0.4, 0.5) is 4.79 Å². The Bertz CT molecular complexity index is 903. The Balaban J connectivity index is 1.28. The van der Waals surface area contributed by atoms with Gasteiger partial charge in [-0.15, -0.1) is 0 Å². The van der Waals surface area contributed by atoms with Gasteiger partial charge in [0.05, 0.1) is 6.42 Å². The maximum absolute atomic E-state index is 12.6. The van der Waals surface area contributed by atoms with Crippen LogP contribution >= 0.6 is 0 Å². The number of rotatable bonds is 7. The number of fused-ring (bicyclic) bond motifs is 1. The minimum Gasteiger partial charge on any atom is -0.381 e. The van der Waals surface area contributed by atoms with Crippen LogP contribution in [0.3, 0.4) is 0 Å². The molecule has 0 saturated carbocycles. The van der Waals surface area contributed by atoms with Crippen LogP contribution in [0, 0.1) is 5.92 Å². The topological polar surface area (TPSA) is 104 Å². The van der Waals surface area contributed by atoms with Gasteiger partial charge in [0.25, 0.3) is 5.91 Å². The second-order valence-electron chi connectivity index (χ2n) is 7.67. The van der Waals surface area contributed by atoms with E-state index in [-0.39, 0.29) is 24.8 Å². The van der Waals surface area contributed by atoms with Crippen molar-refractivity contribution in [2.45, 2.75) is 31.7 Å². The first-order valence-electron chi connectivity index (χ1n) is 10.1. The van der Waals surface area contributed by atoms with E-state index < -0.39 is 12.1 Å². The Hall–Kier alpha value is -2.87. The van der Waals surface area contributed by atoms with Crippen molar-refractivity contribution >= 4 is 28.7 Å². The maximum Gasteiger partial charge on any atom is 0.324 e. The molecule has 8 heteroatoms. The van der Waals surface area contributed by atoms with Gasteiger partial charge in [0.1, 0.15) is 6.04 Å². The predicted octanol–water partition coefficient (Wildman–Crippen LogP) is 1.56. The molecule has 0 unspecified atom stereocenters. The molecule has 2 aliphatic heterocycles. The summed E-state index contributed by atoms with van der Waals surface area (Å²) in [7, 11) is 0. The molecule has 2 aliphatic rings. The SMILES string of the molecule is O=C(C[C@H]1NC(=O)N(CCc2c[nH]c3ccccc23)C1=O)NCC1CCOCC1. The molecule has 0 radical (unpaired) electrons. The average Bonchev–Trinajstić information content (AvgIpc) is 3.26. The van der Waals surface area contributed by atoms with Crippen molar-refractivity contribution in [1.82, 2.24) is 20.5 Å². The van der Waals surface area contributed by atoms with E-state index in [1.54, 1.807) is 0 Å². The van der Waals surface area contributed by atoms with Crippen LogP contribution < -0.4 is 10.6 Å². The zero-order chi connectivity index (χ0) is 20.2. The number of carbonyl (C=O) groups excluding carboxylic acids is 3. The number of benzene rings is 1. The Morgan fingerprint density at radius 2 is 2.00 bits per heavy atom. The normalized spacial score (nSPS) is 20.3. The number of aromatic nitrogens is 1. The van der Waals surface area contributed by atoms with Gasteiger partial charge >= 0.3 is 6.03 Å². The molecule has 1 aromatic heterocycles. The van der Waals surface area contributed by atoms with Gasteiger partial charge in [-0.05, 0) is 36.8 Å². The van der Waals surface area contributed by atoms with E-state index >= 15 is 0 Å². The van der Waals surface area contributed by atoms with Crippen LogP contribution in [0.25, 0.3) is 10.9 Å². The Labute approximate surface area is 169 Å². The number of nitrogens with zero attached hydrogens (tertiary/aromatic N) is 1. The van der Waals surface area contributed by atoms with Gasteiger partial charge in [0.2, 0.25) is 5.91 Å². The summed E-state index contributed by atoms with van der Waals surface area (Å²) in [5, 5.41) is 6.61. The summed E-state index contributed by atoms with van der Waals surface area (Å²) in [4.78, 5) is 41.5. The van der Waals surface area contributed by atoms with E-state index in [1.165, 1.54) is 4.90 Å². The minimum atomic E-state index is -0.792.